The van der Waals surface area contributed by atoms with Gasteiger partial charge in [-0.05, 0) is 42.0 Å². The number of methoxy groups -OCH3 is 1. The van der Waals surface area contributed by atoms with Crippen LogP contribution in [0.2, 0.25) is 0 Å². The van der Waals surface area contributed by atoms with Crippen LogP contribution in [0, 0.1) is 0 Å². The van der Waals surface area contributed by atoms with Gasteiger partial charge in [-0.2, -0.15) is 0 Å². The zero-order chi connectivity index (χ0) is 14.4. The van der Waals surface area contributed by atoms with Gasteiger partial charge in [0.2, 0.25) is 5.91 Å². The topological polar surface area (TPSA) is 50.4 Å². The summed E-state index contributed by atoms with van der Waals surface area (Å²) in [6.07, 6.45) is 0. The summed E-state index contributed by atoms with van der Waals surface area (Å²) in [6, 6.07) is 15.6. The van der Waals surface area contributed by atoms with Crippen molar-refractivity contribution in [3.8, 4) is 5.75 Å². The molecule has 0 aliphatic heterocycles. The van der Waals surface area contributed by atoms with Gasteiger partial charge in [0, 0.05) is 24.8 Å². The first-order valence-electron chi connectivity index (χ1n) is 6.42. The van der Waals surface area contributed by atoms with Crippen molar-refractivity contribution in [3.05, 3.63) is 54.1 Å². The van der Waals surface area contributed by atoms with Gasteiger partial charge in [-0.25, -0.2) is 0 Å². The van der Waals surface area contributed by atoms with E-state index in [2.05, 4.69) is 10.6 Å². The standard InChI is InChI=1S/C16H18N2O2/c1-12(19)18-15-5-3-13(4-6-15)11-17-14-7-9-16(20-2)10-8-14/h3-10,17H,11H2,1-2H3,(H,18,19). The van der Waals surface area contributed by atoms with Crippen molar-refractivity contribution in [1.29, 1.82) is 0 Å². The third-order valence-electron chi connectivity index (χ3n) is 2.86. The number of benzene rings is 2. The number of amides is 1. The number of rotatable bonds is 5. The minimum atomic E-state index is -0.0610. The molecule has 104 valence electrons. The van der Waals surface area contributed by atoms with E-state index in [4.69, 9.17) is 4.74 Å². The summed E-state index contributed by atoms with van der Waals surface area (Å²) in [5.41, 5.74) is 3.00. The van der Waals surface area contributed by atoms with Gasteiger partial charge in [-0.15, -0.1) is 0 Å². The van der Waals surface area contributed by atoms with Crippen molar-refractivity contribution in [1.82, 2.24) is 0 Å². The normalized spacial score (nSPS) is 9.90. The molecule has 0 aliphatic rings. The van der Waals surface area contributed by atoms with E-state index >= 15 is 0 Å². The minimum absolute atomic E-state index is 0.0610. The van der Waals surface area contributed by atoms with Gasteiger partial charge >= 0.3 is 0 Å². The summed E-state index contributed by atoms with van der Waals surface area (Å²) in [7, 11) is 1.65. The third-order valence-corrected chi connectivity index (χ3v) is 2.86. The van der Waals surface area contributed by atoms with Crippen molar-refractivity contribution in [2.45, 2.75) is 13.5 Å². The van der Waals surface area contributed by atoms with Crippen LogP contribution in [0.15, 0.2) is 48.5 Å². The average molecular weight is 270 g/mol. The minimum Gasteiger partial charge on any atom is -0.497 e. The van der Waals surface area contributed by atoms with Crippen LogP contribution in [0.25, 0.3) is 0 Å². The molecule has 0 unspecified atom stereocenters. The van der Waals surface area contributed by atoms with Gasteiger partial charge in [0.15, 0.2) is 0 Å². The van der Waals surface area contributed by atoms with Gasteiger partial charge in [-0.3, -0.25) is 4.79 Å². The summed E-state index contributed by atoms with van der Waals surface area (Å²) < 4.78 is 5.11. The molecule has 0 bridgehead atoms. The first kappa shape index (κ1) is 13.9. The van der Waals surface area contributed by atoms with E-state index in [1.165, 1.54) is 6.92 Å². The van der Waals surface area contributed by atoms with Crippen molar-refractivity contribution < 1.29 is 9.53 Å². The monoisotopic (exact) mass is 270 g/mol. The Balaban J connectivity index is 1.91. The predicted octanol–water partition coefficient (Wildman–Crippen LogP) is 3.27. The highest BCUT2D eigenvalue weighted by Gasteiger charge is 1.98. The van der Waals surface area contributed by atoms with Crippen molar-refractivity contribution >= 4 is 17.3 Å². The van der Waals surface area contributed by atoms with Crippen LogP contribution in [0.4, 0.5) is 11.4 Å². The van der Waals surface area contributed by atoms with Crippen molar-refractivity contribution in [2.75, 3.05) is 17.7 Å². The van der Waals surface area contributed by atoms with Crippen molar-refractivity contribution in [2.24, 2.45) is 0 Å². The van der Waals surface area contributed by atoms with E-state index in [0.29, 0.717) is 0 Å². The van der Waals surface area contributed by atoms with E-state index in [1.54, 1.807) is 7.11 Å². The van der Waals surface area contributed by atoms with Gasteiger partial charge in [0.1, 0.15) is 5.75 Å². The first-order chi connectivity index (χ1) is 9.67. The van der Waals surface area contributed by atoms with E-state index < -0.39 is 0 Å². The molecule has 0 atom stereocenters. The maximum absolute atomic E-state index is 10.9. The second-order valence-electron chi connectivity index (χ2n) is 4.46. The number of carbonyl (C=O) groups excluding carboxylic acids is 1. The molecule has 1 amide bonds. The molecule has 4 heteroatoms. The summed E-state index contributed by atoms with van der Waals surface area (Å²) >= 11 is 0. The summed E-state index contributed by atoms with van der Waals surface area (Å²) in [5.74, 6) is 0.782. The molecule has 0 heterocycles. The van der Waals surface area contributed by atoms with E-state index in [9.17, 15) is 4.79 Å². The molecule has 0 aromatic heterocycles. The summed E-state index contributed by atoms with van der Waals surface area (Å²) in [6.45, 7) is 2.23. The van der Waals surface area contributed by atoms with Crippen LogP contribution in [0.5, 0.6) is 5.75 Å². The Morgan fingerprint density at radius 1 is 1.00 bits per heavy atom. The van der Waals surface area contributed by atoms with Gasteiger partial charge in [0.05, 0.1) is 7.11 Å². The lowest BCUT2D eigenvalue weighted by molar-refractivity contribution is -0.114. The maximum atomic E-state index is 10.9. The Morgan fingerprint density at radius 2 is 1.60 bits per heavy atom. The third kappa shape index (κ3) is 4.02. The molecular weight excluding hydrogens is 252 g/mol. The molecule has 2 rings (SSSR count). The second kappa shape index (κ2) is 6.61. The first-order valence-corrected chi connectivity index (χ1v) is 6.42. The fourth-order valence-corrected chi connectivity index (χ4v) is 1.82. The lowest BCUT2D eigenvalue weighted by atomic mass is 10.2. The van der Waals surface area contributed by atoms with Crippen LogP contribution >= 0.6 is 0 Å². The molecule has 0 saturated carbocycles. The van der Waals surface area contributed by atoms with Crippen LogP contribution < -0.4 is 15.4 Å². The molecule has 2 aromatic carbocycles. The second-order valence-corrected chi connectivity index (χ2v) is 4.46. The fraction of sp³-hybridized carbons (Fsp3) is 0.188. The van der Waals surface area contributed by atoms with Crippen molar-refractivity contribution in [3.63, 3.8) is 0 Å². The zero-order valence-corrected chi connectivity index (χ0v) is 11.6. The number of ether oxygens (including phenoxy) is 1. The highest BCUT2D eigenvalue weighted by molar-refractivity contribution is 5.88. The molecular formula is C16H18N2O2. The number of nitrogens with one attached hydrogen (secondary N) is 2. The van der Waals surface area contributed by atoms with Gasteiger partial charge in [0.25, 0.3) is 0 Å². The van der Waals surface area contributed by atoms with Crippen LogP contribution in [-0.2, 0) is 11.3 Å². The summed E-state index contributed by atoms with van der Waals surface area (Å²) in [5, 5.41) is 6.07. The van der Waals surface area contributed by atoms with Crippen LogP contribution in [0.3, 0.4) is 0 Å². The molecule has 0 spiro atoms. The van der Waals surface area contributed by atoms with E-state index in [-0.39, 0.29) is 5.91 Å². The van der Waals surface area contributed by atoms with E-state index in [0.717, 1.165) is 29.2 Å². The fourth-order valence-electron chi connectivity index (χ4n) is 1.82. The maximum Gasteiger partial charge on any atom is 0.221 e. The highest BCUT2D eigenvalue weighted by Crippen LogP contribution is 2.16. The molecule has 0 aliphatic carbocycles. The molecule has 0 radical (unpaired) electrons. The Bertz CT molecular complexity index is 562. The highest BCUT2D eigenvalue weighted by atomic mass is 16.5. The van der Waals surface area contributed by atoms with Crippen LogP contribution in [0.1, 0.15) is 12.5 Å². The Kier molecular flexibility index (Phi) is 4.60. The Labute approximate surface area is 118 Å². The smallest absolute Gasteiger partial charge is 0.221 e. The average Bonchev–Trinajstić information content (AvgIpc) is 2.46. The quantitative estimate of drug-likeness (QED) is 0.876. The molecule has 20 heavy (non-hydrogen) atoms. The number of hydrogen-bond acceptors (Lipinski definition) is 3. The van der Waals surface area contributed by atoms with E-state index in [1.807, 2.05) is 48.5 Å². The number of carbonyl (C=O) groups is 1. The molecule has 2 aromatic rings. The molecule has 4 nitrogen and oxygen atoms in total. The van der Waals surface area contributed by atoms with Gasteiger partial charge < -0.3 is 15.4 Å². The van der Waals surface area contributed by atoms with Gasteiger partial charge in [-0.1, -0.05) is 12.1 Å². The SMILES string of the molecule is COc1ccc(NCc2ccc(NC(C)=O)cc2)cc1. The lowest BCUT2D eigenvalue weighted by Crippen LogP contribution is -2.06. The Morgan fingerprint density at radius 3 is 2.15 bits per heavy atom. The Hall–Kier alpha value is -2.49. The molecule has 0 fully saturated rings. The zero-order valence-electron chi connectivity index (χ0n) is 11.6. The van der Waals surface area contributed by atoms with Crippen LogP contribution in [-0.4, -0.2) is 13.0 Å². The number of anilines is 2. The number of hydrogen-bond donors (Lipinski definition) is 2. The predicted molar refractivity (Wildman–Crippen MR) is 81.1 cm³/mol. The largest absolute Gasteiger partial charge is 0.497 e. The lowest BCUT2D eigenvalue weighted by Gasteiger charge is -2.08. The summed E-state index contributed by atoms with van der Waals surface area (Å²) in [4.78, 5) is 10.9. The molecule has 2 N–H and O–H groups in total. The molecule has 0 saturated heterocycles.